The number of ether oxygens (including phenoxy) is 1. The number of hydrogen-bond donors (Lipinski definition) is 1. The normalized spacial score (nSPS) is 12.1. The Labute approximate surface area is 104 Å². The lowest BCUT2D eigenvalue weighted by atomic mass is 10.1. The van der Waals surface area contributed by atoms with E-state index in [-0.39, 0.29) is 16.9 Å². The van der Waals surface area contributed by atoms with Crippen molar-refractivity contribution in [3.8, 4) is 5.88 Å². The molecular weight excluding hydrogens is 238 g/mol. The van der Waals surface area contributed by atoms with E-state index in [0.29, 0.717) is 5.88 Å². The van der Waals surface area contributed by atoms with Crippen LogP contribution in [0.2, 0.25) is 5.02 Å². The zero-order valence-electron chi connectivity index (χ0n) is 9.30. The van der Waals surface area contributed by atoms with Crippen LogP contribution in [0.4, 0.5) is 5.82 Å². The van der Waals surface area contributed by atoms with Gasteiger partial charge in [0, 0.05) is 0 Å². The molecule has 0 amide bonds. The lowest BCUT2D eigenvalue weighted by Gasteiger charge is -2.15. The maximum atomic E-state index is 5.95. The van der Waals surface area contributed by atoms with Gasteiger partial charge in [0.05, 0.1) is 0 Å². The molecule has 5 heteroatoms. The van der Waals surface area contributed by atoms with Crippen LogP contribution in [0.5, 0.6) is 5.88 Å². The molecule has 0 aliphatic rings. The molecule has 1 unspecified atom stereocenters. The van der Waals surface area contributed by atoms with Crippen LogP contribution in [0.25, 0.3) is 0 Å². The molecule has 17 heavy (non-hydrogen) atoms. The molecule has 0 radical (unpaired) electrons. The molecule has 88 valence electrons. The number of anilines is 1. The lowest BCUT2D eigenvalue weighted by molar-refractivity contribution is 0.217. The van der Waals surface area contributed by atoms with E-state index < -0.39 is 0 Å². The van der Waals surface area contributed by atoms with Gasteiger partial charge in [0.2, 0.25) is 5.88 Å². The molecule has 0 spiro atoms. The van der Waals surface area contributed by atoms with Crippen molar-refractivity contribution in [2.75, 3.05) is 5.73 Å². The van der Waals surface area contributed by atoms with E-state index in [2.05, 4.69) is 9.97 Å². The first kappa shape index (κ1) is 11.7. The van der Waals surface area contributed by atoms with Crippen LogP contribution in [0.1, 0.15) is 18.6 Å². The number of aromatic nitrogens is 2. The van der Waals surface area contributed by atoms with Gasteiger partial charge in [-0.15, -0.1) is 0 Å². The summed E-state index contributed by atoms with van der Waals surface area (Å²) in [6.07, 6.45) is 1.18. The number of nitrogens with zero attached hydrogens (tertiary/aromatic N) is 2. The molecule has 1 atom stereocenters. The summed E-state index contributed by atoms with van der Waals surface area (Å²) in [5.41, 5.74) is 6.61. The topological polar surface area (TPSA) is 61.0 Å². The van der Waals surface area contributed by atoms with Crippen molar-refractivity contribution in [3.05, 3.63) is 47.2 Å². The van der Waals surface area contributed by atoms with Crippen molar-refractivity contribution in [1.29, 1.82) is 0 Å². The van der Waals surface area contributed by atoms with E-state index in [1.165, 1.54) is 6.33 Å². The Bertz CT molecular complexity index is 504. The second kappa shape index (κ2) is 5.01. The van der Waals surface area contributed by atoms with Crippen LogP contribution in [0, 0.1) is 0 Å². The second-order valence-electron chi connectivity index (χ2n) is 3.55. The zero-order valence-corrected chi connectivity index (χ0v) is 10.1. The summed E-state index contributed by atoms with van der Waals surface area (Å²) in [6, 6.07) is 9.80. The van der Waals surface area contributed by atoms with E-state index in [1.807, 2.05) is 37.3 Å². The molecule has 1 aromatic carbocycles. The van der Waals surface area contributed by atoms with Gasteiger partial charge >= 0.3 is 0 Å². The Morgan fingerprint density at radius 3 is 2.65 bits per heavy atom. The highest BCUT2D eigenvalue weighted by molar-refractivity contribution is 6.33. The highest BCUT2D eigenvalue weighted by atomic mass is 35.5. The first-order chi connectivity index (χ1) is 8.18. The van der Waals surface area contributed by atoms with Gasteiger partial charge in [-0.2, -0.15) is 0 Å². The van der Waals surface area contributed by atoms with Gasteiger partial charge in [0.15, 0.2) is 0 Å². The predicted octanol–water partition coefficient (Wildman–Crippen LogP) is 2.85. The van der Waals surface area contributed by atoms with E-state index >= 15 is 0 Å². The standard InChI is InChI=1S/C12H12ClN3O/c1-8(9-5-3-2-4-6-9)17-12-10(13)11(14)15-7-16-12/h2-8H,1H3,(H2,14,15,16). The minimum atomic E-state index is -0.150. The van der Waals surface area contributed by atoms with E-state index in [0.717, 1.165) is 5.56 Å². The minimum absolute atomic E-state index is 0.150. The largest absolute Gasteiger partial charge is 0.469 e. The molecule has 0 bridgehead atoms. The number of rotatable bonds is 3. The highest BCUT2D eigenvalue weighted by Gasteiger charge is 2.12. The van der Waals surface area contributed by atoms with Crippen LogP contribution in [0.15, 0.2) is 36.7 Å². The van der Waals surface area contributed by atoms with Gasteiger partial charge in [-0.05, 0) is 12.5 Å². The summed E-state index contributed by atoms with van der Waals surface area (Å²) in [6.45, 7) is 1.92. The van der Waals surface area contributed by atoms with Crippen LogP contribution >= 0.6 is 11.6 Å². The molecule has 1 heterocycles. The highest BCUT2D eigenvalue weighted by Crippen LogP contribution is 2.29. The monoisotopic (exact) mass is 249 g/mol. The lowest BCUT2D eigenvalue weighted by Crippen LogP contribution is -2.06. The minimum Gasteiger partial charge on any atom is -0.469 e. The molecule has 0 saturated carbocycles. The van der Waals surface area contributed by atoms with Crippen molar-refractivity contribution in [1.82, 2.24) is 9.97 Å². The Morgan fingerprint density at radius 1 is 1.24 bits per heavy atom. The number of nitrogen functional groups attached to an aromatic ring is 1. The second-order valence-corrected chi connectivity index (χ2v) is 3.93. The van der Waals surface area contributed by atoms with Gasteiger partial charge in [0.25, 0.3) is 0 Å². The first-order valence-corrected chi connectivity index (χ1v) is 5.54. The third-order valence-corrected chi connectivity index (χ3v) is 2.70. The average Bonchev–Trinajstić information content (AvgIpc) is 2.36. The van der Waals surface area contributed by atoms with E-state index in [9.17, 15) is 0 Å². The quantitative estimate of drug-likeness (QED) is 0.909. The molecule has 0 fully saturated rings. The molecule has 2 N–H and O–H groups in total. The Kier molecular flexibility index (Phi) is 3.44. The molecule has 2 aromatic rings. The molecule has 0 aliphatic carbocycles. The van der Waals surface area contributed by atoms with Gasteiger partial charge < -0.3 is 10.5 Å². The SMILES string of the molecule is CC(Oc1ncnc(N)c1Cl)c1ccccc1. The van der Waals surface area contributed by atoms with Crippen molar-refractivity contribution in [2.45, 2.75) is 13.0 Å². The van der Waals surface area contributed by atoms with Gasteiger partial charge in [-0.1, -0.05) is 41.9 Å². The average molecular weight is 250 g/mol. The van der Waals surface area contributed by atoms with Crippen molar-refractivity contribution >= 4 is 17.4 Å². The van der Waals surface area contributed by atoms with Gasteiger partial charge in [-0.3, -0.25) is 0 Å². The van der Waals surface area contributed by atoms with Crippen LogP contribution in [0.3, 0.4) is 0 Å². The van der Waals surface area contributed by atoms with Crippen LogP contribution in [-0.2, 0) is 0 Å². The fraction of sp³-hybridized carbons (Fsp3) is 0.167. The third-order valence-electron chi connectivity index (χ3n) is 2.34. The van der Waals surface area contributed by atoms with Crippen molar-refractivity contribution in [2.24, 2.45) is 0 Å². The number of hydrogen-bond acceptors (Lipinski definition) is 4. The summed E-state index contributed by atoms with van der Waals surface area (Å²) in [5, 5.41) is 0.246. The molecule has 0 aliphatic heterocycles. The summed E-state index contributed by atoms with van der Waals surface area (Å²) in [4.78, 5) is 7.73. The number of halogens is 1. The first-order valence-electron chi connectivity index (χ1n) is 5.16. The Morgan fingerprint density at radius 2 is 1.94 bits per heavy atom. The summed E-state index contributed by atoms with van der Waals surface area (Å²) < 4.78 is 5.65. The maximum absolute atomic E-state index is 5.95. The van der Waals surface area contributed by atoms with Crippen molar-refractivity contribution in [3.63, 3.8) is 0 Å². The molecular formula is C12H12ClN3O. The molecule has 0 saturated heterocycles. The fourth-order valence-electron chi connectivity index (χ4n) is 1.41. The number of nitrogens with two attached hydrogens (primary N) is 1. The van der Waals surface area contributed by atoms with E-state index in [1.54, 1.807) is 0 Å². The smallest absolute Gasteiger partial charge is 0.238 e. The Balaban J connectivity index is 2.19. The Hall–Kier alpha value is -1.81. The molecule has 4 nitrogen and oxygen atoms in total. The third kappa shape index (κ3) is 2.65. The van der Waals surface area contributed by atoms with Crippen LogP contribution in [-0.4, -0.2) is 9.97 Å². The van der Waals surface area contributed by atoms with E-state index in [4.69, 9.17) is 22.1 Å². The number of benzene rings is 1. The zero-order chi connectivity index (χ0) is 12.3. The van der Waals surface area contributed by atoms with Crippen molar-refractivity contribution < 1.29 is 4.74 Å². The fourth-order valence-corrected chi connectivity index (χ4v) is 1.55. The maximum Gasteiger partial charge on any atom is 0.238 e. The van der Waals surface area contributed by atoms with Gasteiger partial charge in [0.1, 0.15) is 23.3 Å². The van der Waals surface area contributed by atoms with Crippen LogP contribution < -0.4 is 10.5 Å². The molecule has 2 rings (SSSR count). The molecule has 1 aromatic heterocycles. The summed E-state index contributed by atoms with van der Waals surface area (Å²) >= 11 is 5.95. The van der Waals surface area contributed by atoms with Gasteiger partial charge in [-0.25, -0.2) is 9.97 Å². The summed E-state index contributed by atoms with van der Waals surface area (Å²) in [5.74, 6) is 0.521. The predicted molar refractivity (Wildman–Crippen MR) is 66.9 cm³/mol. The summed E-state index contributed by atoms with van der Waals surface area (Å²) in [7, 11) is 0.